The fraction of sp³-hybridized carbons (Fsp3) is 0.500. The van der Waals surface area contributed by atoms with E-state index in [0.29, 0.717) is 32.1 Å². The zero-order valence-corrected chi connectivity index (χ0v) is 13.4. The maximum absolute atomic E-state index is 6.27. The Labute approximate surface area is 135 Å². The molecule has 5 nitrogen and oxygen atoms in total. The van der Waals surface area contributed by atoms with Gasteiger partial charge in [-0.05, 0) is 18.1 Å². The molecule has 1 atom stereocenters. The van der Waals surface area contributed by atoms with E-state index in [4.69, 9.17) is 26.1 Å². The van der Waals surface area contributed by atoms with Gasteiger partial charge in [0, 0.05) is 31.1 Å². The van der Waals surface area contributed by atoms with Crippen LogP contribution in [-0.2, 0) is 22.4 Å². The highest BCUT2D eigenvalue weighted by Gasteiger charge is 2.24. The third kappa shape index (κ3) is 3.48. The van der Waals surface area contributed by atoms with Crippen LogP contribution in [0.25, 0.3) is 0 Å². The normalized spacial score (nSPS) is 18.0. The third-order valence-corrected chi connectivity index (χ3v) is 4.22. The van der Waals surface area contributed by atoms with Gasteiger partial charge in [0.05, 0.1) is 19.8 Å². The lowest BCUT2D eigenvalue weighted by Gasteiger charge is -2.10. The largest absolute Gasteiger partial charge is 0.384 e. The molecule has 2 heterocycles. The Hall–Kier alpha value is -1.43. The number of benzene rings is 1. The van der Waals surface area contributed by atoms with Crippen molar-refractivity contribution in [2.45, 2.75) is 25.3 Å². The van der Waals surface area contributed by atoms with E-state index in [9.17, 15) is 0 Å². The Morgan fingerprint density at radius 3 is 3.00 bits per heavy atom. The predicted octanol–water partition coefficient (Wildman–Crippen LogP) is 2.67. The summed E-state index contributed by atoms with van der Waals surface area (Å²) in [5.41, 5.74) is 1.05. The van der Waals surface area contributed by atoms with Gasteiger partial charge >= 0.3 is 0 Å². The summed E-state index contributed by atoms with van der Waals surface area (Å²) in [7, 11) is 1.69. The second kappa shape index (κ2) is 7.22. The maximum atomic E-state index is 6.27. The molecule has 0 aliphatic carbocycles. The molecule has 1 aliphatic heterocycles. The minimum Gasteiger partial charge on any atom is -0.384 e. The van der Waals surface area contributed by atoms with Crippen LogP contribution in [-0.4, -0.2) is 41.7 Å². The van der Waals surface area contributed by atoms with E-state index in [0.717, 1.165) is 35.3 Å². The first kappa shape index (κ1) is 15.5. The van der Waals surface area contributed by atoms with Gasteiger partial charge in [-0.15, -0.1) is 0 Å². The number of rotatable bonds is 6. The van der Waals surface area contributed by atoms with Crippen LogP contribution in [0.1, 0.15) is 29.6 Å². The van der Waals surface area contributed by atoms with E-state index in [1.165, 1.54) is 0 Å². The monoisotopic (exact) mass is 321 g/mol. The van der Waals surface area contributed by atoms with Crippen LogP contribution in [0.3, 0.4) is 0 Å². The lowest BCUT2D eigenvalue weighted by Crippen LogP contribution is -2.12. The van der Waals surface area contributed by atoms with Crippen molar-refractivity contribution in [2.24, 2.45) is 0 Å². The zero-order chi connectivity index (χ0) is 15.4. The van der Waals surface area contributed by atoms with Crippen molar-refractivity contribution in [1.82, 2.24) is 14.8 Å². The summed E-state index contributed by atoms with van der Waals surface area (Å²) >= 11 is 6.27. The Morgan fingerprint density at radius 1 is 1.41 bits per heavy atom. The standard InChI is InChI=1S/C16H20ClN3O2/c1-21-8-7-15-18-16(13-6-9-22-11-13)20(19-15)10-12-4-2-3-5-14(12)17/h2-5,13H,6-11H2,1H3/t13-/m0/s1. The fourth-order valence-corrected chi connectivity index (χ4v) is 2.84. The summed E-state index contributed by atoms with van der Waals surface area (Å²) in [5.74, 6) is 2.12. The van der Waals surface area contributed by atoms with E-state index in [1.807, 2.05) is 28.9 Å². The Morgan fingerprint density at radius 2 is 2.27 bits per heavy atom. The van der Waals surface area contributed by atoms with Crippen LogP contribution in [0.15, 0.2) is 24.3 Å². The van der Waals surface area contributed by atoms with Crippen LogP contribution in [0, 0.1) is 0 Å². The molecule has 0 N–H and O–H groups in total. The maximum Gasteiger partial charge on any atom is 0.153 e. The lowest BCUT2D eigenvalue weighted by atomic mass is 10.1. The second-order valence-corrected chi connectivity index (χ2v) is 5.85. The van der Waals surface area contributed by atoms with Crippen LogP contribution in [0.2, 0.25) is 5.02 Å². The molecule has 0 bridgehead atoms. The quantitative estimate of drug-likeness (QED) is 0.820. The molecule has 0 amide bonds. The molecule has 118 valence electrons. The van der Waals surface area contributed by atoms with Gasteiger partial charge in [-0.3, -0.25) is 0 Å². The van der Waals surface area contributed by atoms with Crippen molar-refractivity contribution >= 4 is 11.6 Å². The third-order valence-electron chi connectivity index (χ3n) is 3.85. The topological polar surface area (TPSA) is 49.2 Å². The van der Waals surface area contributed by atoms with Crippen LogP contribution in [0.4, 0.5) is 0 Å². The number of hydrogen-bond acceptors (Lipinski definition) is 4. The van der Waals surface area contributed by atoms with Crippen LogP contribution in [0.5, 0.6) is 0 Å². The fourth-order valence-electron chi connectivity index (χ4n) is 2.65. The van der Waals surface area contributed by atoms with Gasteiger partial charge in [-0.25, -0.2) is 9.67 Å². The molecule has 1 aromatic heterocycles. The number of ether oxygens (including phenoxy) is 2. The predicted molar refractivity (Wildman–Crippen MR) is 84.3 cm³/mol. The van der Waals surface area contributed by atoms with Gasteiger partial charge in [0.15, 0.2) is 5.82 Å². The number of methoxy groups -OCH3 is 1. The molecule has 0 unspecified atom stereocenters. The van der Waals surface area contributed by atoms with E-state index in [1.54, 1.807) is 7.11 Å². The zero-order valence-electron chi connectivity index (χ0n) is 12.7. The summed E-state index contributed by atoms with van der Waals surface area (Å²) in [6, 6.07) is 7.84. The summed E-state index contributed by atoms with van der Waals surface area (Å²) < 4.78 is 12.6. The summed E-state index contributed by atoms with van der Waals surface area (Å²) in [6.07, 6.45) is 1.71. The molecule has 1 aromatic carbocycles. The summed E-state index contributed by atoms with van der Waals surface area (Å²) in [5, 5.41) is 5.39. The Kier molecular flexibility index (Phi) is 5.08. The number of halogens is 1. The van der Waals surface area contributed by atoms with Gasteiger partial charge in [0.25, 0.3) is 0 Å². The highest BCUT2D eigenvalue weighted by atomic mass is 35.5. The van der Waals surface area contributed by atoms with Crippen LogP contribution < -0.4 is 0 Å². The van der Waals surface area contributed by atoms with E-state index >= 15 is 0 Å². The second-order valence-electron chi connectivity index (χ2n) is 5.44. The minimum atomic E-state index is 0.311. The molecule has 2 aromatic rings. The Bertz CT molecular complexity index is 624. The highest BCUT2D eigenvalue weighted by Crippen LogP contribution is 2.25. The molecule has 0 saturated carbocycles. The van der Waals surface area contributed by atoms with Crippen molar-refractivity contribution in [3.63, 3.8) is 0 Å². The highest BCUT2D eigenvalue weighted by molar-refractivity contribution is 6.31. The molecule has 3 rings (SSSR count). The lowest BCUT2D eigenvalue weighted by molar-refractivity contribution is 0.192. The smallest absolute Gasteiger partial charge is 0.153 e. The molecule has 1 aliphatic rings. The molecule has 1 fully saturated rings. The van der Waals surface area contributed by atoms with Crippen molar-refractivity contribution in [3.8, 4) is 0 Å². The van der Waals surface area contributed by atoms with Crippen molar-refractivity contribution < 1.29 is 9.47 Å². The Balaban J connectivity index is 1.87. The molecule has 6 heteroatoms. The van der Waals surface area contributed by atoms with Crippen LogP contribution >= 0.6 is 11.6 Å². The van der Waals surface area contributed by atoms with E-state index < -0.39 is 0 Å². The number of nitrogens with zero attached hydrogens (tertiary/aromatic N) is 3. The minimum absolute atomic E-state index is 0.311. The van der Waals surface area contributed by atoms with E-state index in [-0.39, 0.29) is 0 Å². The number of aromatic nitrogens is 3. The number of hydrogen-bond donors (Lipinski definition) is 0. The van der Waals surface area contributed by atoms with Gasteiger partial charge in [0.2, 0.25) is 0 Å². The summed E-state index contributed by atoms with van der Waals surface area (Å²) in [6.45, 7) is 2.75. The van der Waals surface area contributed by atoms with Crippen molar-refractivity contribution in [1.29, 1.82) is 0 Å². The SMILES string of the molecule is COCCc1nc([C@H]2CCOC2)n(Cc2ccccc2Cl)n1. The summed E-state index contributed by atoms with van der Waals surface area (Å²) in [4.78, 5) is 4.70. The van der Waals surface area contributed by atoms with E-state index in [2.05, 4.69) is 5.10 Å². The average Bonchev–Trinajstić information content (AvgIpc) is 3.17. The molecule has 0 radical (unpaired) electrons. The first-order valence-corrected chi connectivity index (χ1v) is 7.89. The molecule has 1 saturated heterocycles. The van der Waals surface area contributed by atoms with Gasteiger partial charge < -0.3 is 9.47 Å². The molecule has 0 spiro atoms. The van der Waals surface area contributed by atoms with Gasteiger partial charge in [-0.1, -0.05) is 29.8 Å². The molecular formula is C16H20ClN3O2. The molecular weight excluding hydrogens is 302 g/mol. The first-order chi connectivity index (χ1) is 10.8. The van der Waals surface area contributed by atoms with Crippen molar-refractivity contribution in [3.05, 3.63) is 46.5 Å². The van der Waals surface area contributed by atoms with Crippen molar-refractivity contribution in [2.75, 3.05) is 26.9 Å². The first-order valence-electron chi connectivity index (χ1n) is 7.51. The van der Waals surface area contributed by atoms with Gasteiger partial charge in [-0.2, -0.15) is 5.10 Å². The average molecular weight is 322 g/mol. The molecule has 22 heavy (non-hydrogen) atoms. The van der Waals surface area contributed by atoms with Gasteiger partial charge in [0.1, 0.15) is 5.82 Å².